The predicted molar refractivity (Wildman–Crippen MR) is 89.6 cm³/mol. The molecule has 0 fully saturated rings. The SMILES string of the molecule is CC[C@@H](C)[C@H](NC(=O)COc1ccccc1NC(C)=O)C(=O)OC. The highest BCUT2D eigenvalue weighted by Gasteiger charge is 2.26. The van der Waals surface area contributed by atoms with E-state index in [4.69, 9.17) is 9.47 Å². The van der Waals surface area contributed by atoms with Crippen molar-refractivity contribution in [1.82, 2.24) is 5.32 Å². The molecule has 0 aliphatic heterocycles. The summed E-state index contributed by atoms with van der Waals surface area (Å²) in [5.41, 5.74) is 0.476. The summed E-state index contributed by atoms with van der Waals surface area (Å²) >= 11 is 0. The molecule has 0 unspecified atom stereocenters. The van der Waals surface area contributed by atoms with Crippen LogP contribution in [0.1, 0.15) is 27.2 Å². The van der Waals surface area contributed by atoms with Gasteiger partial charge in [0.2, 0.25) is 5.91 Å². The summed E-state index contributed by atoms with van der Waals surface area (Å²) in [4.78, 5) is 35.0. The van der Waals surface area contributed by atoms with E-state index in [0.717, 1.165) is 0 Å². The van der Waals surface area contributed by atoms with Crippen molar-refractivity contribution >= 4 is 23.5 Å². The quantitative estimate of drug-likeness (QED) is 0.705. The highest BCUT2D eigenvalue weighted by molar-refractivity contribution is 5.90. The van der Waals surface area contributed by atoms with Gasteiger partial charge in [-0.2, -0.15) is 0 Å². The van der Waals surface area contributed by atoms with E-state index in [1.807, 2.05) is 13.8 Å². The fourth-order valence-corrected chi connectivity index (χ4v) is 2.04. The van der Waals surface area contributed by atoms with Gasteiger partial charge in [-0.15, -0.1) is 0 Å². The van der Waals surface area contributed by atoms with Crippen molar-refractivity contribution in [3.63, 3.8) is 0 Å². The second-order valence-electron chi connectivity index (χ2n) is 5.42. The van der Waals surface area contributed by atoms with Gasteiger partial charge in [0, 0.05) is 6.92 Å². The number of para-hydroxylation sites is 2. The lowest BCUT2D eigenvalue weighted by molar-refractivity contribution is -0.146. The largest absolute Gasteiger partial charge is 0.482 e. The summed E-state index contributed by atoms with van der Waals surface area (Å²) in [6, 6.07) is 6.07. The smallest absolute Gasteiger partial charge is 0.328 e. The fraction of sp³-hybridized carbons (Fsp3) is 0.471. The van der Waals surface area contributed by atoms with Crippen LogP contribution in [0.15, 0.2) is 24.3 Å². The highest BCUT2D eigenvalue weighted by atomic mass is 16.5. The minimum Gasteiger partial charge on any atom is -0.482 e. The van der Waals surface area contributed by atoms with Crippen LogP contribution in [0.2, 0.25) is 0 Å². The third kappa shape index (κ3) is 5.91. The van der Waals surface area contributed by atoms with E-state index < -0.39 is 17.9 Å². The number of esters is 1. The van der Waals surface area contributed by atoms with Crippen molar-refractivity contribution in [2.75, 3.05) is 19.0 Å². The number of hydrogen-bond acceptors (Lipinski definition) is 5. The first-order valence-corrected chi connectivity index (χ1v) is 7.75. The fourth-order valence-electron chi connectivity index (χ4n) is 2.04. The van der Waals surface area contributed by atoms with Crippen molar-refractivity contribution in [1.29, 1.82) is 0 Å². The van der Waals surface area contributed by atoms with Crippen LogP contribution >= 0.6 is 0 Å². The minimum absolute atomic E-state index is 0.0620. The molecular formula is C17H24N2O5. The zero-order chi connectivity index (χ0) is 18.1. The van der Waals surface area contributed by atoms with Crippen LogP contribution in [0.4, 0.5) is 5.69 Å². The molecule has 24 heavy (non-hydrogen) atoms. The molecular weight excluding hydrogens is 312 g/mol. The molecule has 0 aliphatic carbocycles. The third-order valence-corrected chi connectivity index (χ3v) is 3.54. The summed E-state index contributed by atoms with van der Waals surface area (Å²) < 4.78 is 10.2. The van der Waals surface area contributed by atoms with Crippen molar-refractivity contribution in [2.24, 2.45) is 5.92 Å². The molecule has 0 radical (unpaired) electrons. The van der Waals surface area contributed by atoms with Gasteiger partial charge in [-0.05, 0) is 18.1 Å². The number of rotatable bonds is 8. The Morgan fingerprint density at radius 3 is 2.46 bits per heavy atom. The molecule has 0 saturated heterocycles. The standard InChI is InChI=1S/C17H24N2O5/c1-5-11(2)16(17(22)23-4)19-15(21)10-24-14-9-7-6-8-13(14)18-12(3)20/h6-9,11,16H,5,10H2,1-4H3,(H,18,20)(H,19,21)/t11-,16+/m1/s1. The van der Waals surface area contributed by atoms with Crippen molar-refractivity contribution in [2.45, 2.75) is 33.2 Å². The Hall–Kier alpha value is -2.57. The van der Waals surface area contributed by atoms with Crippen molar-refractivity contribution < 1.29 is 23.9 Å². The molecule has 0 aliphatic rings. The van der Waals surface area contributed by atoms with Crippen LogP contribution in [0, 0.1) is 5.92 Å². The van der Waals surface area contributed by atoms with E-state index in [2.05, 4.69) is 10.6 Å². The maximum atomic E-state index is 12.1. The Bertz CT molecular complexity index is 588. The summed E-state index contributed by atoms with van der Waals surface area (Å²) in [6.07, 6.45) is 0.715. The van der Waals surface area contributed by atoms with Gasteiger partial charge in [0.05, 0.1) is 12.8 Å². The zero-order valence-electron chi connectivity index (χ0n) is 14.4. The van der Waals surface area contributed by atoms with Crippen LogP contribution in [-0.4, -0.2) is 37.5 Å². The first-order chi connectivity index (χ1) is 11.4. The molecule has 2 N–H and O–H groups in total. The molecule has 7 heteroatoms. The number of methoxy groups -OCH3 is 1. The molecule has 1 rings (SSSR count). The maximum Gasteiger partial charge on any atom is 0.328 e. The van der Waals surface area contributed by atoms with Crippen LogP contribution in [-0.2, 0) is 19.1 Å². The first kappa shape index (κ1) is 19.5. The average molecular weight is 336 g/mol. The van der Waals surface area contributed by atoms with Crippen LogP contribution in [0.3, 0.4) is 0 Å². The zero-order valence-corrected chi connectivity index (χ0v) is 14.4. The Kier molecular flexibility index (Phi) is 7.74. The molecule has 0 heterocycles. The third-order valence-electron chi connectivity index (χ3n) is 3.54. The highest BCUT2D eigenvalue weighted by Crippen LogP contribution is 2.23. The number of anilines is 1. The normalized spacial score (nSPS) is 12.7. The van der Waals surface area contributed by atoms with Crippen LogP contribution in [0.25, 0.3) is 0 Å². The molecule has 0 saturated carbocycles. The Morgan fingerprint density at radius 1 is 1.21 bits per heavy atom. The number of benzene rings is 1. The van der Waals surface area contributed by atoms with Crippen molar-refractivity contribution in [3.05, 3.63) is 24.3 Å². The lowest BCUT2D eigenvalue weighted by atomic mass is 9.99. The van der Waals surface area contributed by atoms with Gasteiger partial charge in [0.1, 0.15) is 11.8 Å². The van der Waals surface area contributed by atoms with E-state index in [-0.39, 0.29) is 18.4 Å². The molecule has 0 spiro atoms. The van der Waals surface area contributed by atoms with Gasteiger partial charge in [-0.3, -0.25) is 9.59 Å². The van der Waals surface area contributed by atoms with Gasteiger partial charge in [0.15, 0.2) is 6.61 Å². The number of ether oxygens (including phenoxy) is 2. The van der Waals surface area contributed by atoms with E-state index in [9.17, 15) is 14.4 Å². The van der Waals surface area contributed by atoms with Gasteiger partial charge in [-0.25, -0.2) is 4.79 Å². The van der Waals surface area contributed by atoms with Crippen LogP contribution in [0.5, 0.6) is 5.75 Å². The molecule has 132 valence electrons. The summed E-state index contributed by atoms with van der Waals surface area (Å²) in [5.74, 6) is -0.855. The van der Waals surface area contributed by atoms with Crippen LogP contribution < -0.4 is 15.4 Å². The Balaban J connectivity index is 2.68. The Morgan fingerprint density at radius 2 is 1.88 bits per heavy atom. The molecule has 7 nitrogen and oxygen atoms in total. The second kappa shape index (κ2) is 9.54. The Labute approximate surface area is 141 Å². The monoisotopic (exact) mass is 336 g/mol. The number of hydrogen-bond donors (Lipinski definition) is 2. The van der Waals surface area contributed by atoms with E-state index in [0.29, 0.717) is 17.9 Å². The molecule has 1 aromatic carbocycles. The van der Waals surface area contributed by atoms with Gasteiger partial charge >= 0.3 is 5.97 Å². The predicted octanol–water partition coefficient (Wildman–Crippen LogP) is 1.73. The van der Waals surface area contributed by atoms with E-state index in [1.165, 1.54) is 14.0 Å². The van der Waals surface area contributed by atoms with Crippen molar-refractivity contribution in [3.8, 4) is 5.75 Å². The van der Waals surface area contributed by atoms with Gasteiger partial charge in [0.25, 0.3) is 5.91 Å². The minimum atomic E-state index is -0.721. The average Bonchev–Trinajstić information content (AvgIpc) is 2.57. The topological polar surface area (TPSA) is 93.7 Å². The van der Waals surface area contributed by atoms with E-state index in [1.54, 1.807) is 24.3 Å². The second-order valence-corrected chi connectivity index (χ2v) is 5.42. The first-order valence-electron chi connectivity index (χ1n) is 7.75. The number of carbonyl (C=O) groups excluding carboxylic acids is 3. The summed E-state index contributed by atoms with van der Waals surface area (Å²) in [7, 11) is 1.28. The van der Waals surface area contributed by atoms with E-state index >= 15 is 0 Å². The van der Waals surface area contributed by atoms with Gasteiger partial charge < -0.3 is 20.1 Å². The molecule has 1 aromatic rings. The number of carbonyl (C=O) groups is 3. The summed E-state index contributed by atoms with van der Waals surface area (Å²) in [6.45, 7) is 4.89. The number of nitrogens with one attached hydrogen (secondary N) is 2. The molecule has 2 atom stereocenters. The molecule has 0 aromatic heterocycles. The lowest BCUT2D eigenvalue weighted by Gasteiger charge is -2.22. The van der Waals surface area contributed by atoms with Gasteiger partial charge in [-0.1, -0.05) is 32.4 Å². The number of amides is 2. The molecule has 2 amide bonds. The molecule has 0 bridgehead atoms. The summed E-state index contributed by atoms with van der Waals surface area (Å²) in [5, 5.41) is 5.25. The lowest BCUT2D eigenvalue weighted by Crippen LogP contribution is -2.47. The maximum absolute atomic E-state index is 12.1.